The summed E-state index contributed by atoms with van der Waals surface area (Å²) in [5.41, 5.74) is 0. The van der Waals surface area contributed by atoms with Crippen molar-refractivity contribution in [2.24, 2.45) is 0 Å². The van der Waals surface area contributed by atoms with Crippen molar-refractivity contribution < 1.29 is 9.53 Å². The first kappa shape index (κ1) is 20.2. The molecule has 2 heteroatoms. The largest absolute Gasteiger partial charge is 0.463 e. The zero-order chi connectivity index (χ0) is 15.6. The van der Waals surface area contributed by atoms with Gasteiger partial charge in [-0.3, -0.25) is 0 Å². The van der Waals surface area contributed by atoms with Crippen molar-refractivity contribution in [1.82, 2.24) is 0 Å². The Bertz CT molecular complexity index is 236. The summed E-state index contributed by atoms with van der Waals surface area (Å²) in [4.78, 5) is 10.8. The molecule has 124 valence electrons. The average Bonchev–Trinajstić information content (AvgIpc) is 2.50. The minimum absolute atomic E-state index is 0.301. The highest BCUT2D eigenvalue weighted by Gasteiger charge is 1.96. The summed E-state index contributed by atoms with van der Waals surface area (Å²) < 4.78 is 4.94. The molecule has 0 unspecified atom stereocenters. The molecule has 0 aliphatic rings. The predicted molar refractivity (Wildman–Crippen MR) is 91.5 cm³/mol. The van der Waals surface area contributed by atoms with Crippen LogP contribution in [0.3, 0.4) is 0 Å². The summed E-state index contributed by atoms with van der Waals surface area (Å²) in [6, 6.07) is 0. The number of carbonyl (C=O) groups excluding carboxylic acids is 1. The first-order chi connectivity index (χ1) is 10.3. The van der Waals surface area contributed by atoms with Crippen molar-refractivity contribution in [1.29, 1.82) is 0 Å². The highest BCUT2D eigenvalue weighted by molar-refractivity contribution is 5.81. The van der Waals surface area contributed by atoms with Crippen LogP contribution in [-0.2, 0) is 9.53 Å². The standard InChI is InChI=1S/C19H36O2/c1-3-5-6-7-8-9-10-11-12-13-14-15-16-17-18-21-19(20)4-2/h4H,2-3,5-18H2,1H3. The lowest BCUT2D eigenvalue weighted by atomic mass is 10.0. The first-order valence-corrected chi connectivity index (χ1v) is 9.10. The fourth-order valence-corrected chi connectivity index (χ4v) is 2.53. The van der Waals surface area contributed by atoms with Gasteiger partial charge < -0.3 is 4.74 Å². The van der Waals surface area contributed by atoms with Gasteiger partial charge in [-0.25, -0.2) is 4.79 Å². The Morgan fingerprint density at radius 3 is 1.52 bits per heavy atom. The van der Waals surface area contributed by atoms with Crippen LogP contribution in [-0.4, -0.2) is 12.6 Å². The van der Waals surface area contributed by atoms with Gasteiger partial charge in [-0.1, -0.05) is 97.0 Å². The molecule has 0 rings (SSSR count). The highest BCUT2D eigenvalue weighted by atomic mass is 16.5. The molecule has 0 heterocycles. The number of unbranched alkanes of at least 4 members (excludes halogenated alkanes) is 13. The van der Waals surface area contributed by atoms with Crippen molar-refractivity contribution >= 4 is 5.97 Å². The minimum atomic E-state index is -0.301. The van der Waals surface area contributed by atoms with E-state index in [0.717, 1.165) is 6.42 Å². The minimum Gasteiger partial charge on any atom is -0.463 e. The van der Waals surface area contributed by atoms with Crippen molar-refractivity contribution in [3.63, 3.8) is 0 Å². The Morgan fingerprint density at radius 1 is 0.762 bits per heavy atom. The molecule has 0 saturated carbocycles. The zero-order valence-electron chi connectivity index (χ0n) is 14.2. The Balaban J connectivity index is 2.99. The van der Waals surface area contributed by atoms with Crippen LogP contribution in [0.25, 0.3) is 0 Å². The van der Waals surface area contributed by atoms with Crippen LogP contribution in [0.5, 0.6) is 0 Å². The monoisotopic (exact) mass is 296 g/mol. The van der Waals surface area contributed by atoms with E-state index in [1.165, 1.54) is 89.5 Å². The van der Waals surface area contributed by atoms with Crippen molar-refractivity contribution in [3.8, 4) is 0 Å². The third kappa shape index (κ3) is 17.2. The molecular formula is C19H36O2. The highest BCUT2D eigenvalue weighted by Crippen LogP contribution is 2.12. The maximum atomic E-state index is 10.8. The summed E-state index contributed by atoms with van der Waals surface area (Å²) in [6.07, 6.45) is 20.0. The van der Waals surface area contributed by atoms with Gasteiger partial charge in [-0.05, 0) is 6.42 Å². The molecule has 0 aliphatic carbocycles. The van der Waals surface area contributed by atoms with Crippen LogP contribution in [0.2, 0.25) is 0 Å². The smallest absolute Gasteiger partial charge is 0.330 e. The lowest BCUT2D eigenvalue weighted by Crippen LogP contribution is -2.01. The molecule has 0 spiro atoms. The molecule has 0 N–H and O–H groups in total. The van der Waals surface area contributed by atoms with Crippen molar-refractivity contribution in [2.45, 2.75) is 96.8 Å². The van der Waals surface area contributed by atoms with E-state index in [2.05, 4.69) is 13.5 Å². The average molecular weight is 296 g/mol. The predicted octanol–water partition coefficient (Wildman–Crippen LogP) is 6.20. The van der Waals surface area contributed by atoms with Gasteiger partial charge in [0.05, 0.1) is 6.61 Å². The topological polar surface area (TPSA) is 26.3 Å². The van der Waals surface area contributed by atoms with E-state index < -0.39 is 0 Å². The lowest BCUT2D eigenvalue weighted by Gasteiger charge is -2.03. The first-order valence-electron chi connectivity index (χ1n) is 9.10. The van der Waals surface area contributed by atoms with E-state index in [1.807, 2.05) is 0 Å². The fraction of sp³-hybridized carbons (Fsp3) is 0.842. The zero-order valence-corrected chi connectivity index (χ0v) is 14.2. The molecule has 2 nitrogen and oxygen atoms in total. The Kier molecular flexibility index (Phi) is 16.6. The van der Waals surface area contributed by atoms with Gasteiger partial charge in [0.2, 0.25) is 0 Å². The lowest BCUT2D eigenvalue weighted by molar-refractivity contribution is -0.137. The molecule has 0 fully saturated rings. The quantitative estimate of drug-likeness (QED) is 0.193. The molecule has 0 radical (unpaired) electrons. The van der Waals surface area contributed by atoms with Crippen LogP contribution in [0.15, 0.2) is 12.7 Å². The molecule has 21 heavy (non-hydrogen) atoms. The molecule has 0 amide bonds. The number of hydrogen-bond donors (Lipinski definition) is 0. The number of rotatable bonds is 16. The van der Waals surface area contributed by atoms with Crippen LogP contribution in [0.4, 0.5) is 0 Å². The van der Waals surface area contributed by atoms with E-state index in [-0.39, 0.29) is 5.97 Å². The molecule has 0 saturated heterocycles. The number of hydrogen-bond acceptors (Lipinski definition) is 2. The van der Waals surface area contributed by atoms with Crippen molar-refractivity contribution in [3.05, 3.63) is 12.7 Å². The Morgan fingerprint density at radius 2 is 1.14 bits per heavy atom. The van der Waals surface area contributed by atoms with Crippen LogP contribution >= 0.6 is 0 Å². The van der Waals surface area contributed by atoms with Gasteiger partial charge in [0.25, 0.3) is 0 Å². The summed E-state index contributed by atoms with van der Waals surface area (Å²) in [5, 5.41) is 0. The van der Waals surface area contributed by atoms with E-state index in [4.69, 9.17) is 4.74 Å². The molecule has 0 aromatic heterocycles. The molecule has 0 aromatic carbocycles. The second kappa shape index (κ2) is 17.3. The molecule has 0 bridgehead atoms. The Labute approximate surface area is 132 Å². The Hall–Kier alpha value is -0.790. The van der Waals surface area contributed by atoms with E-state index >= 15 is 0 Å². The van der Waals surface area contributed by atoms with Gasteiger partial charge in [0.15, 0.2) is 0 Å². The normalized spacial score (nSPS) is 10.5. The SMILES string of the molecule is C=CC(=O)OCCCCCCCCCCCCCCCC. The maximum absolute atomic E-state index is 10.8. The second-order valence-corrected chi connectivity index (χ2v) is 5.97. The summed E-state index contributed by atoms with van der Waals surface area (Å²) in [5.74, 6) is -0.301. The molecule has 0 atom stereocenters. The summed E-state index contributed by atoms with van der Waals surface area (Å²) in [7, 11) is 0. The van der Waals surface area contributed by atoms with Gasteiger partial charge in [0.1, 0.15) is 0 Å². The van der Waals surface area contributed by atoms with Gasteiger partial charge in [-0.2, -0.15) is 0 Å². The van der Waals surface area contributed by atoms with E-state index in [9.17, 15) is 4.79 Å². The summed E-state index contributed by atoms with van der Waals surface area (Å²) >= 11 is 0. The van der Waals surface area contributed by atoms with E-state index in [0.29, 0.717) is 6.61 Å². The maximum Gasteiger partial charge on any atom is 0.330 e. The third-order valence-electron chi connectivity index (χ3n) is 3.91. The van der Waals surface area contributed by atoms with Crippen LogP contribution in [0.1, 0.15) is 96.8 Å². The number of esters is 1. The number of carbonyl (C=O) groups is 1. The van der Waals surface area contributed by atoms with Gasteiger partial charge >= 0.3 is 5.97 Å². The van der Waals surface area contributed by atoms with Crippen molar-refractivity contribution in [2.75, 3.05) is 6.61 Å². The third-order valence-corrected chi connectivity index (χ3v) is 3.91. The van der Waals surface area contributed by atoms with Crippen LogP contribution < -0.4 is 0 Å². The molecular weight excluding hydrogens is 260 g/mol. The summed E-state index contributed by atoms with van der Waals surface area (Å²) in [6.45, 7) is 6.19. The number of ether oxygens (including phenoxy) is 1. The van der Waals surface area contributed by atoms with Crippen LogP contribution in [0, 0.1) is 0 Å². The second-order valence-electron chi connectivity index (χ2n) is 5.97. The van der Waals surface area contributed by atoms with Gasteiger partial charge in [-0.15, -0.1) is 0 Å². The molecule has 0 aliphatic heterocycles. The van der Waals surface area contributed by atoms with E-state index in [1.54, 1.807) is 0 Å². The fourth-order valence-electron chi connectivity index (χ4n) is 2.53. The molecule has 0 aromatic rings. The van der Waals surface area contributed by atoms with Gasteiger partial charge in [0, 0.05) is 6.08 Å².